The Kier molecular flexibility index (Phi) is 2.84. The molecular weight excluding hydrogens is 195 g/mol. The molecule has 0 saturated carbocycles. The zero-order valence-corrected chi connectivity index (χ0v) is 7.97. The number of nitrogens with zero attached hydrogens (tertiary/aromatic N) is 2. The molecule has 1 rings (SSSR count). The average Bonchev–Trinajstić information content (AvgIpc) is 2.45. The number of alkyl halides is 3. The summed E-state index contributed by atoms with van der Waals surface area (Å²) in [5, 5.41) is 3.64. The lowest BCUT2D eigenvalue weighted by molar-refractivity contribution is -0.144. The summed E-state index contributed by atoms with van der Waals surface area (Å²) < 4.78 is 38.6. The van der Waals surface area contributed by atoms with Crippen molar-refractivity contribution in [1.29, 1.82) is 0 Å². The minimum Gasteiger partial charge on any atom is -0.324 e. The molecular formula is C8H12F3N3. The first-order valence-corrected chi connectivity index (χ1v) is 4.26. The van der Waals surface area contributed by atoms with Gasteiger partial charge in [0.15, 0.2) is 0 Å². The Hall–Kier alpha value is -1.04. The molecule has 1 aromatic rings. The smallest absolute Gasteiger partial charge is 0.324 e. The zero-order chi connectivity index (χ0) is 10.9. The Morgan fingerprint density at radius 1 is 1.57 bits per heavy atom. The van der Waals surface area contributed by atoms with Crippen molar-refractivity contribution in [3.8, 4) is 0 Å². The molecule has 1 atom stereocenters. The molecule has 0 aliphatic heterocycles. The third-order valence-electron chi connectivity index (χ3n) is 1.93. The van der Waals surface area contributed by atoms with E-state index in [2.05, 4.69) is 5.10 Å². The fraction of sp³-hybridized carbons (Fsp3) is 0.625. The van der Waals surface area contributed by atoms with Crippen LogP contribution < -0.4 is 5.73 Å². The predicted octanol–water partition coefficient (Wildman–Crippen LogP) is 1.94. The van der Waals surface area contributed by atoms with Gasteiger partial charge in [0.05, 0.1) is 6.20 Å². The minimum atomic E-state index is -4.39. The van der Waals surface area contributed by atoms with E-state index in [0.29, 0.717) is 0 Å². The third-order valence-corrected chi connectivity index (χ3v) is 1.93. The van der Waals surface area contributed by atoms with E-state index in [1.54, 1.807) is 6.92 Å². The van der Waals surface area contributed by atoms with Crippen LogP contribution >= 0.6 is 0 Å². The summed E-state index contributed by atoms with van der Waals surface area (Å²) in [5.74, 6) is 0. The fourth-order valence-electron chi connectivity index (χ4n) is 1.28. The molecule has 1 aromatic heterocycles. The second-order valence-electron chi connectivity index (χ2n) is 3.05. The van der Waals surface area contributed by atoms with Gasteiger partial charge in [0.25, 0.3) is 0 Å². The van der Waals surface area contributed by atoms with Crippen LogP contribution in [0.5, 0.6) is 0 Å². The van der Waals surface area contributed by atoms with E-state index in [9.17, 15) is 13.2 Å². The van der Waals surface area contributed by atoms with Gasteiger partial charge in [-0.15, -0.1) is 0 Å². The van der Waals surface area contributed by atoms with Gasteiger partial charge < -0.3 is 5.73 Å². The molecule has 0 bridgehead atoms. The van der Waals surface area contributed by atoms with Crippen molar-refractivity contribution in [2.24, 2.45) is 5.73 Å². The van der Waals surface area contributed by atoms with E-state index in [1.165, 1.54) is 13.1 Å². The molecule has 3 nitrogen and oxygen atoms in total. The minimum absolute atomic E-state index is 0.0411. The van der Waals surface area contributed by atoms with Crippen LogP contribution in [-0.4, -0.2) is 9.78 Å². The van der Waals surface area contributed by atoms with Crippen LogP contribution in [0.2, 0.25) is 0 Å². The summed E-state index contributed by atoms with van der Waals surface area (Å²) in [6.45, 7) is 3.29. The molecule has 6 heteroatoms. The molecule has 0 fully saturated rings. The SMILES string of the molecule is CCn1ncc(C(C)N)c1C(F)(F)F. The number of hydrogen-bond donors (Lipinski definition) is 1. The topological polar surface area (TPSA) is 43.8 Å². The van der Waals surface area contributed by atoms with Crippen LogP contribution in [0.4, 0.5) is 13.2 Å². The molecule has 80 valence electrons. The molecule has 2 N–H and O–H groups in total. The summed E-state index contributed by atoms with van der Waals surface area (Å²) in [6.07, 6.45) is -3.22. The Balaban J connectivity index is 3.27. The zero-order valence-electron chi connectivity index (χ0n) is 7.97. The Morgan fingerprint density at radius 2 is 2.14 bits per heavy atom. The highest BCUT2D eigenvalue weighted by molar-refractivity contribution is 5.23. The highest BCUT2D eigenvalue weighted by atomic mass is 19.4. The Bertz CT molecular complexity index is 314. The maximum absolute atomic E-state index is 12.6. The molecule has 0 aromatic carbocycles. The summed E-state index contributed by atoms with van der Waals surface area (Å²) in [7, 11) is 0. The van der Waals surface area contributed by atoms with Crippen molar-refractivity contribution in [2.75, 3.05) is 0 Å². The second-order valence-corrected chi connectivity index (χ2v) is 3.05. The van der Waals surface area contributed by atoms with Crippen LogP contribution in [0.3, 0.4) is 0 Å². The quantitative estimate of drug-likeness (QED) is 0.805. The fourth-order valence-corrected chi connectivity index (χ4v) is 1.28. The molecule has 0 radical (unpaired) electrons. The lowest BCUT2D eigenvalue weighted by atomic mass is 10.1. The van der Waals surface area contributed by atoms with Gasteiger partial charge in [-0.3, -0.25) is 4.68 Å². The van der Waals surface area contributed by atoms with Gasteiger partial charge in [-0.25, -0.2) is 0 Å². The van der Waals surface area contributed by atoms with Gasteiger partial charge >= 0.3 is 6.18 Å². The van der Waals surface area contributed by atoms with E-state index in [0.717, 1.165) is 4.68 Å². The number of aromatic nitrogens is 2. The summed E-state index contributed by atoms with van der Waals surface area (Å²) >= 11 is 0. The van der Waals surface area contributed by atoms with E-state index < -0.39 is 17.9 Å². The van der Waals surface area contributed by atoms with Crippen molar-refractivity contribution >= 4 is 0 Å². The second kappa shape index (κ2) is 3.61. The van der Waals surface area contributed by atoms with Gasteiger partial charge in [-0.1, -0.05) is 0 Å². The molecule has 0 amide bonds. The lowest BCUT2D eigenvalue weighted by Crippen LogP contribution is -2.18. The molecule has 0 aliphatic carbocycles. The number of aryl methyl sites for hydroxylation is 1. The molecule has 1 heterocycles. The van der Waals surface area contributed by atoms with Gasteiger partial charge in [-0.05, 0) is 13.8 Å². The molecule has 0 saturated heterocycles. The molecule has 0 spiro atoms. The highest BCUT2D eigenvalue weighted by Crippen LogP contribution is 2.33. The summed E-state index contributed by atoms with van der Waals surface area (Å²) in [4.78, 5) is 0. The maximum atomic E-state index is 12.6. The summed E-state index contributed by atoms with van der Waals surface area (Å²) in [6, 6.07) is -0.660. The van der Waals surface area contributed by atoms with Crippen molar-refractivity contribution in [3.05, 3.63) is 17.5 Å². The van der Waals surface area contributed by atoms with Crippen LogP contribution in [0.15, 0.2) is 6.20 Å². The van der Waals surface area contributed by atoms with Crippen molar-refractivity contribution in [3.63, 3.8) is 0 Å². The maximum Gasteiger partial charge on any atom is 0.433 e. The van der Waals surface area contributed by atoms with Crippen molar-refractivity contribution in [1.82, 2.24) is 9.78 Å². The van der Waals surface area contributed by atoms with Crippen LogP contribution in [0.25, 0.3) is 0 Å². The van der Waals surface area contributed by atoms with E-state index in [4.69, 9.17) is 5.73 Å². The van der Waals surface area contributed by atoms with Gasteiger partial charge in [0, 0.05) is 18.2 Å². The van der Waals surface area contributed by atoms with E-state index in [-0.39, 0.29) is 12.1 Å². The normalized spacial score (nSPS) is 14.4. The van der Waals surface area contributed by atoms with E-state index in [1.807, 2.05) is 0 Å². The van der Waals surface area contributed by atoms with Crippen molar-refractivity contribution in [2.45, 2.75) is 32.6 Å². The first-order chi connectivity index (χ1) is 6.38. The number of rotatable bonds is 2. The highest BCUT2D eigenvalue weighted by Gasteiger charge is 2.38. The van der Waals surface area contributed by atoms with Crippen LogP contribution in [0.1, 0.15) is 31.1 Å². The van der Waals surface area contributed by atoms with E-state index >= 15 is 0 Å². The Morgan fingerprint density at radius 3 is 2.50 bits per heavy atom. The number of nitrogens with two attached hydrogens (primary N) is 1. The lowest BCUT2D eigenvalue weighted by Gasteiger charge is -2.12. The van der Waals surface area contributed by atoms with Crippen molar-refractivity contribution < 1.29 is 13.2 Å². The van der Waals surface area contributed by atoms with Gasteiger partial charge in [0.1, 0.15) is 5.69 Å². The first kappa shape index (κ1) is 11.0. The number of halogens is 3. The standard InChI is InChI=1S/C8H12F3N3/c1-3-14-7(8(9,10)11)6(4-13-14)5(2)12/h4-5H,3,12H2,1-2H3. The van der Waals surface area contributed by atoms with Crippen LogP contribution in [0, 0.1) is 0 Å². The first-order valence-electron chi connectivity index (χ1n) is 4.26. The number of hydrogen-bond acceptors (Lipinski definition) is 2. The van der Waals surface area contributed by atoms with Crippen LogP contribution in [-0.2, 0) is 12.7 Å². The monoisotopic (exact) mass is 207 g/mol. The molecule has 1 unspecified atom stereocenters. The van der Waals surface area contributed by atoms with Gasteiger partial charge in [0.2, 0.25) is 0 Å². The summed E-state index contributed by atoms with van der Waals surface area (Å²) in [5.41, 5.74) is 4.73. The predicted molar refractivity (Wildman–Crippen MR) is 45.5 cm³/mol. The molecule has 0 aliphatic rings. The Labute approximate surface area is 79.7 Å². The average molecular weight is 207 g/mol. The van der Waals surface area contributed by atoms with Gasteiger partial charge in [-0.2, -0.15) is 18.3 Å². The molecule has 14 heavy (non-hydrogen) atoms. The largest absolute Gasteiger partial charge is 0.433 e. The third kappa shape index (κ3) is 1.89.